The van der Waals surface area contributed by atoms with Gasteiger partial charge in [-0.05, 0) is 62.9 Å². The smallest absolute Gasteiger partial charge is 0.433 e. The van der Waals surface area contributed by atoms with Crippen LogP contribution in [0.1, 0.15) is 40.1 Å². The van der Waals surface area contributed by atoms with Crippen LogP contribution in [0.2, 0.25) is 0 Å². The molecule has 0 saturated carbocycles. The average molecular weight is 652 g/mol. The lowest BCUT2D eigenvalue weighted by atomic mass is 10.0. The van der Waals surface area contributed by atoms with Crippen molar-refractivity contribution in [1.29, 1.82) is 0 Å². The molecule has 0 unspecified atom stereocenters. The van der Waals surface area contributed by atoms with Crippen molar-refractivity contribution in [3.05, 3.63) is 77.1 Å². The summed E-state index contributed by atoms with van der Waals surface area (Å²) in [5.41, 5.74) is 1.49. The normalized spacial score (nSPS) is 18.9. The van der Waals surface area contributed by atoms with Gasteiger partial charge in [-0.2, -0.15) is 18.3 Å². The third-order valence-electron chi connectivity index (χ3n) is 9.40. The summed E-state index contributed by atoms with van der Waals surface area (Å²) in [4.78, 5) is 27.0. The van der Waals surface area contributed by atoms with Crippen LogP contribution in [0, 0.1) is 6.92 Å². The van der Waals surface area contributed by atoms with Crippen LogP contribution in [-0.2, 0) is 6.18 Å². The van der Waals surface area contributed by atoms with Crippen LogP contribution >= 0.6 is 0 Å². The number of halogens is 3. The second kappa shape index (κ2) is 13.1. The van der Waals surface area contributed by atoms with Crippen molar-refractivity contribution in [1.82, 2.24) is 29.3 Å². The van der Waals surface area contributed by atoms with Gasteiger partial charge in [0.05, 0.1) is 31.6 Å². The molecule has 2 fully saturated rings. The number of alkyl halides is 3. The molecule has 4 aromatic rings. The largest absolute Gasteiger partial charge is 0.497 e. The van der Waals surface area contributed by atoms with E-state index in [1.165, 1.54) is 20.2 Å². The zero-order chi connectivity index (χ0) is 33.5. The number of piperazine rings is 2. The monoisotopic (exact) mass is 651 g/mol. The number of benzene rings is 2. The molecular weight excluding hydrogens is 611 g/mol. The number of carbonyl (C=O) groups excluding carboxylic acids is 1. The number of methoxy groups -OCH3 is 1. The van der Waals surface area contributed by atoms with Crippen LogP contribution < -0.4 is 9.64 Å². The maximum atomic E-state index is 14.4. The predicted molar refractivity (Wildman–Crippen MR) is 173 cm³/mol. The Kier molecular flexibility index (Phi) is 9.14. The Morgan fingerprint density at radius 2 is 1.79 bits per heavy atom. The minimum Gasteiger partial charge on any atom is -0.497 e. The Morgan fingerprint density at radius 1 is 1.06 bits per heavy atom. The molecule has 1 N–H and O–H groups in total. The molecule has 13 heteroatoms. The van der Waals surface area contributed by atoms with Crippen molar-refractivity contribution < 1.29 is 27.8 Å². The van der Waals surface area contributed by atoms with E-state index in [1.54, 1.807) is 29.2 Å². The number of likely N-dealkylation sites (N-methyl/N-ethyl adjacent to an activating group) is 1. The SMILES string of the molecule is COc1ccc(-c2nc3c(C(=O)N4CCN([C@H](CO)c5cccc(N6CCN(C)CC6)c5)C[C@H]4C)cnn3c(C(F)(F)F)c2C)cc1. The fraction of sp³-hybridized carbons (Fsp3) is 0.441. The lowest BCUT2D eigenvalue weighted by Gasteiger charge is -2.43. The molecule has 2 aliphatic heterocycles. The number of hydrogen-bond donors (Lipinski definition) is 1. The Morgan fingerprint density at radius 3 is 2.43 bits per heavy atom. The molecule has 2 aromatic heterocycles. The van der Waals surface area contributed by atoms with E-state index in [-0.39, 0.29) is 41.2 Å². The second-order valence-corrected chi connectivity index (χ2v) is 12.4. The molecule has 1 amide bonds. The summed E-state index contributed by atoms with van der Waals surface area (Å²) in [6, 6.07) is 14.3. The van der Waals surface area contributed by atoms with Gasteiger partial charge < -0.3 is 24.5 Å². The molecule has 4 heterocycles. The van der Waals surface area contributed by atoms with Crippen molar-refractivity contribution in [2.45, 2.75) is 32.1 Å². The molecule has 0 aliphatic carbocycles. The second-order valence-electron chi connectivity index (χ2n) is 12.4. The molecule has 0 bridgehead atoms. The van der Waals surface area contributed by atoms with Gasteiger partial charge in [-0.15, -0.1) is 0 Å². The standard InChI is InChI=1S/C34H40F3N7O3/c1-22-20-42(29(21-45)25-6-5-7-26(18-25)41-14-12-40(3)13-15-41)16-17-43(22)33(46)28-19-38-44-31(34(35,36)37)23(2)30(39-32(28)44)24-8-10-27(47-4)11-9-24/h5-11,18-19,22,29,45H,12-17,20-21H2,1-4H3/t22-,29-/m1/s1. The number of anilines is 1. The number of aliphatic hydroxyl groups is 1. The summed E-state index contributed by atoms with van der Waals surface area (Å²) in [5.74, 6) is 0.123. The molecule has 250 valence electrons. The molecule has 47 heavy (non-hydrogen) atoms. The Balaban J connectivity index is 1.26. The van der Waals surface area contributed by atoms with Crippen LogP contribution in [0.5, 0.6) is 5.75 Å². The number of carbonyl (C=O) groups is 1. The van der Waals surface area contributed by atoms with E-state index in [0.717, 1.165) is 41.9 Å². The molecule has 10 nitrogen and oxygen atoms in total. The average Bonchev–Trinajstić information content (AvgIpc) is 3.47. The van der Waals surface area contributed by atoms with E-state index in [0.29, 0.717) is 30.9 Å². The minimum atomic E-state index is -4.74. The van der Waals surface area contributed by atoms with Crippen molar-refractivity contribution >= 4 is 17.2 Å². The molecule has 0 spiro atoms. The first-order valence-electron chi connectivity index (χ1n) is 15.8. The molecule has 2 atom stereocenters. The van der Waals surface area contributed by atoms with E-state index in [9.17, 15) is 23.1 Å². The number of aromatic nitrogens is 3. The first kappa shape index (κ1) is 32.7. The first-order chi connectivity index (χ1) is 22.5. The van der Waals surface area contributed by atoms with Crippen LogP contribution in [0.3, 0.4) is 0 Å². The molecule has 0 radical (unpaired) electrons. The Labute approximate surface area is 272 Å². The number of rotatable bonds is 7. The van der Waals surface area contributed by atoms with Crippen molar-refractivity contribution in [2.75, 3.05) is 71.5 Å². The van der Waals surface area contributed by atoms with Gasteiger partial charge >= 0.3 is 6.18 Å². The van der Waals surface area contributed by atoms with Crippen molar-refractivity contribution in [3.8, 4) is 17.0 Å². The number of aliphatic hydroxyl groups excluding tert-OH is 1. The van der Waals surface area contributed by atoms with Gasteiger partial charge in [-0.3, -0.25) is 9.69 Å². The van der Waals surface area contributed by atoms with Gasteiger partial charge in [0.1, 0.15) is 11.3 Å². The Bertz CT molecular complexity index is 1740. The summed E-state index contributed by atoms with van der Waals surface area (Å²) in [5, 5.41) is 14.5. The predicted octanol–water partition coefficient (Wildman–Crippen LogP) is 4.36. The summed E-state index contributed by atoms with van der Waals surface area (Å²) >= 11 is 0. The van der Waals surface area contributed by atoms with Gasteiger partial charge in [-0.25, -0.2) is 9.50 Å². The highest BCUT2D eigenvalue weighted by molar-refractivity contribution is 6.00. The van der Waals surface area contributed by atoms with Gasteiger partial charge in [0.25, 0.3) is 5.91 Å². The highest BCUT2D eigenvalue weighted by Gasteiger charge is 2.40. The molecule has 2 aliphatic rings. The van der Waals surface area contributed by atoms with Crippen LogP contribution in [-0.4, -0.2) is 113 Å². The summed E-state index contributed by atoms with van der Waals surface area (Å²) < 4.78 is 49.2. The van der Waals surface area contributed by atoms with Crippen molar-refractivity contribution in [3.63, 3.8) is 0 Å². The molecular formula is C34H40F3N7O3. The van der Waals surface area contributed by atoms with Crippen LogP contribution in [0.4, 0.5) is 18.9 Å². The minimum absolute atomic E-state index is 0.00384. The quantitative estimate of drug-likeness (QED) is 0.316. The Hall–Kier alpha value is -4.20. The summed E-state index contributed by atoms with van der Waals surface area (Å²) in [6.45, 7) is 8.32. The maximum absolute atomic E-state index is 14.4. The summed E-state index contributed by atoms with van der Waals surface area (Å²) in [7, 11) is 3.63. The fourth-order valence-corrected chi connectivity index (χ4v) is 6.74. The fourth-order valence-electron chi connectivity index (χ4n) is 6.74. The zero-order valence-electron chi connectivity index (χ0n) is 27.0. The number of nitrogens with zero attached hydrogens (tertiary/aromatic N) is 7. The van der Waals surface area contributed by atoms with E-state index < -0.39 is 17.8 Å². The highest BCUT2D eigenvalue weighted by atomic mass is 19.4. The number of hydrogen-bond acceptors (Lipinski definition) is 8. The van der Waals surface area contributed by atoms with Gasteiger partial charge in [0.15, 0.2) is 11.3 Å². The van der Waals surface area contributed by atoms with E-state index in [1.807, 2.05) is 19.1 Å². The number of fused-ring (bicyclic) bond motifs is 1. The maximum Gasteiger partial charge on any atom is 0.433 e. The first-order valence-corrected chi connectivity index (χ1v) is 15.8. The number of amides is 1. The molecule has 6 rings (SSSR count). The van der Waals surface area contributed by atoms with Crippen LogP contribution in [0.25, 0.3) is 16.9 Å². The lowest BCUT2D eigenvalue weighted by Crippen LogP contribution is -2.55. The van der Waals surface area contributed by atoms with E-state index >= 15 is 0 Å². The third-order valence-corrected chi connectivity index (χ3v) is 9.40. The van der Waals surface area contributed by atoms with Gasteiger partial charge in [-0.1, -0.05) is 12.1 Å². The lowest BCUT2D eigenvalue weighted by molar-refractivity contribution is -0.143. The molecule has 2 saturated heterocycles. The van der Waals surface area contributed by atoms with E-state index in [2.05, 4.69) is 44.0 Å². The topological polar surface area (TPSA) is 89.7 Å². The van der Waals surface area contributed by atoms with E-state index in [4.69, 9.17) is 4.74 Å². The van der Waals surface area contributed by atoms with Crippen LogP contribution in [0.15, 0.2) is 54.7 Å². The zero-order valence-corrected chi connectivity index (χ0v) is 27.0. The highest BCUT2D eigenvalue weighted by Crippen LogP contribution is 2.37. The van der Waals surface area contributed by atoms with Gasteiger partial charge in [0.2, 0.25) is 0 Å². The molecule has 2 aromatic carbocycles. The van der Waals surface area contributed by atoms with Crippen molar-refractivity contribution in [2.24, 2.45) is 0 Å². The number of ether oxygens (including phenoxy) is 1. The summed E-state index contributed by atoms with van der Waals surface area (Å²) in [6.07, 6.45) is -3.56. The van der Waals surface area contributed by atoms with Gasteiger partial charge in [0, 0.05) is 68.7 Å². The third kappa shape index (κ3) is 6.39.